The van der Waals surface area contributed by atoms with Crippen molar-refractivity contribution in [3.05, 3.63) is 22.6 Å². The number of aliphatic hydroxyl groups excluding tert-OH is 1. The summed E-state index contributed by atoms with van der Waals surface area (Å²) in [6.07, 6.45) is 6.48. The van der Waals surface area contributed by atoms with E-state index < -0.39 is 0 Å². The maximum atomic E-state index is 12.0. The quantitative estimate of drug-likeness (QED) is 0.860. The van der Waals surface area contributed by atoms with Crippen molar-refractivity contribution in [2.75, 3.05) is 18.5 Å². The van der Waals surface area contributed by atoms with E-state index in [1.165, 1.54) is 4.68 Å². The molecule has 5 nitrogen and oxygen atoms in total. The second-order valence-electron chi connectivity index (χ2n) is 5.74. The fraction of sp³-hybridized carbons (Fsp3) is 0.733. The van der Waals surface area contributed by atoms with Crippen LogP contribution in [0.3, 0.4) is 0 Å². The van der Waals surface area contributed by atoms with Gasteiger partial charge in [-0.05, 0) is 31.6 Å². The standard InChI is InChI=1S/C15H25N3O2/c1-3-8-17(2)13-10-15(20)18(16-11-13)9-7-12-5-4-6-14(12)19/h10-12,14,19H,3-9H2,1-2H3. The Balaban J connectivity index is 1.97. The van der Waals surface area contributed by atoms with E-state index >= 15 is 0 Å². The van der Waals surface area contributed by atoms with E-state index in [2.05, 4.69) is 12.0 Å². The average Bonchev–Trinajstić information content (AvgIpc) is 2.83. The van der Waals surface area contributed by atoms with Gasteiger partial charge < -0.3 is 10.0 Å². The highest BCUT2D eigenvalue weighted by atomic mass is 16.3. The summed E-state index contributed by atoms with van der Waals surface area (Å²) in [5.74, 6) is 0.325. The van der Waals surface area contributed by atoms with Crippen LogP contribution in [0.15, 0.2) is 17.1 Å². The van der Waals surface area contributed by atoms with Crippen LogP contribution in [0.2, 0.25) is 0 Å². The van der Waals surface area contributed by atoms with Crippen LogP contribution in [0.5, 0.6) is 0 Å². The molecular weight excluding hydrogens is 254 g/mol. The van der Waals surface area contributed by atoms with Crippen molar-refractivity contribution in [3.63, 3.8) is 0 Å². The highest BCUT2D eigenvalue weighted by Gasteiger charge is 2.24. The van der Waals surface area contributed by atoms with Crippen LogP contribution < -0.4 is 10.5 Å². The van der Waals surface area contributed by atoms with E-state index in [1.807, 2.05) is 11.9 Å². The SMILES string of the molecule is CCCN(C)c1cnn(CCC2CCCC2O)c(=O)c1. The van der Waals surface area contributed by atoms with Gasteiger partial charge in [-0.15, -0.1) is 0 Å². The van der Waals surface area contributed by atoms with E-state index in [9.17, 15) is 9.90 Å². The summed E-state index contributed by atoms with van der Waals surface area (Å²) >= 11 is 0. The fourth-order valence-corrected chi connectivity index (χ4v) is 2.91. The van der Waals surface area contributed by atoms with Crippen LogP contribution in [-0.4, -0.2) is 34.6 Å². The summed E-state index contributed by atoms with van der Waals surface area (Å²) in [4.78, 5) is 14.1. The lowest BCUT2D eigenvalue weighted by atomic mass is 10.0. The Kier molecular flexibility index (Phi) is 5.17. The predicted molar refractivity (Wildman–Crippen MR) is 80.0 cm³/mol. The lowest BCUT2D eigenvalue weighted by molar-refractivity contribution is 0.124. The topological polar surface area (TPSA) is 58.4 Å². The van der Waals surface area contributed by atoms with Gasteiger partial charge in [0.05, 0.1) is 18.0 Å². The molecule has 0 amide bonds. The maximum absolute atomic E-state index is 12.0. The van der Waals surface area contributed by atoms with Crippen molar-refractivity contribution in [1.29, 1.82) is 0 Å². The number of aryl methyl sites for hydroxylation is 1. The van der Waals surface area contributed by atoms with Gasteiger partial charge in [0.25, 0.3) is 5.56 Å². The third kappa shape index (κ3) is 3.60. The van der Waals surface area contributed by atoms with Gasteiger partial charge in [-0.3, -0.25) is 4.79 Å². The van der Waals surface area contributed by atoms with Crippen molar-refractivity contribution in [1.82, 2.24) is 9.78 Å². The number of nitrogens with zero attached hydrogens (tertiary/aromatic N) is 3. The van der Waals surface area contributed by atoms with Gasteiger partial charge in [0.15, 0.2) is 0 Å². The Labute approximate surface area is 120 Å². The molecule has 1 aliphatic rings. The Bertz CT molecular complexity index is 486. The normalized spacial score (nSPS) is 22.1. The second kappa shape index (κ2) is 6.88. The number of hydrogen-bond acceptors (Lipinski definition) is 4. The summed E-state index contributed by atoms with van der Waals surface area (Å²) in [7, 11) is 1.97. The van der Waals surface area contributed by atoms with Crippen LogP contribution >= 0.6 is 0 Å². The maximum Gasteiger partial charge on any atom is 0.268 e. The summed E-state index contributed by atoms with van der Waals surface area (Å²) in [6, 6.07) is 1.65. The Hall–Kier alpha value is -1.36. The molecule has 1 fully saturated rings. The Morgan fingerprint density at radius 2 is 2.30 bits per heavy atom. The summed E-state index contributed by atoms with van der Waals surface area (Å²) in [5.41, 5.74) is 0.812. The molecule has 1 aromatic rings. The van der Waals surface area contributed by atoms with Crippen LogP contribution in [0, 0.1) is 5.92 Å². The number of hydrogen-bond donors (Lipinski definition) is 1. The van der Waals surface area contributed by atoms with Crippen molar-refractivity contribution < 1.29 is 5.11 Å². The Morgan fingerprint density at radius 3 is 2.90 bits per heavy atom. The molecule has 0 spiro atoms. The molecule has 1 saturated carbocycles. The Morgan fingerprint density at radius 1 is 1.50 bits per heavy atom. The van der Waals surface area contributed by atoms with Gasteiger partial charge in [0, 0.05) is 26.2 Å². The van der Waals surface area contributed by atoms with Gasteiger partial charge in [0.2, 0.25) is 0 Å². The summed E-state index contributed by atoms with van der Waals surface area (Å²) in [6.45, 7) is 3.62. The molecule has 2 atom stereocenters. The molecule has 112 valence electrons. The predicted octanol–water partition coefficient (Wildman–Crippen LogP) is 1.64. The molecule has 0 aromatic carbocycles. The van der Waals surface area contributed by atoms with Crippen LogP contribution in [0.4, 0.5) is 5.69 Å². The second-order valence-corrected chi connectivity index (χ2v) is 5.74. The van der Waals surface area contributed by atoms with Gasteiger partial charge in [-0.1, -0.05) is 13.3 Å². The first-order valence-corrected chi connectivity index (χ1v) is 7.58. The van der Waals surface area contributed by atoms with Crippen LogP contribution in [0.1, 0.15) is 39.0 Å². The van der Waals surface area contributed by atoms with Crippen molar-refractivity contribution in [2.45, 2.75) is 51.7 Å². The van der Waals surface area contributed by atoms with Gasteiger partial charge in [-0.2, -0.15) is 5.10 Å². The molecule has 1 heterocycles. The highest BCUT2D eigenvalue weighted by molar-refractivity contribution is 5.41. The highest BCUT2D eigenvalue weighted by Crippen LogP contribution is 2.28. The molecular formula is C15H25N3O2. The van der Waals surface area contributed by atoms with Crippen LogP contribution in [-0.2, 0) is 6.54 Å². The molecule has 2 unspecified atom stereocenters. The first kappa shape index (κ1) is 15.0. The van der Waals surface area contributed by atoms with Crippen LogP contribution in [0.25, 0.3) is 0 Å². The first-order chi connectivity index (χ1) is 9.61. The van der Waals surface area contributed by atoms with E-state index in [4.69, 9.17) is 0 Å². The molecule has 0 aliphatic heterocycles. The third-order valence-corrected chi connectivity index (χ3v) is 4.19. The first-order valence-electron chi connectivity index (χ1n) is 7.58. The average molecular weight is 279 g/mol. The zero-order chi connectivity index (χ0) is 14.5. The van der Waals surface area contributed by atoms with Crippen molar-refractivity contribution in [2.24, 2.45) is 5.92 Å². The lowest BCUT2D eigenvalue weighted by Crippen LogP contribution is -2.27. The molecule has 0 bridgehead atoms. The summed E-state index contributed by atoms with van der Waals surface area (Å²) in [5, 5.41) is 14.0. The molecule has 1 aromatic heterocycles. The molecule has 0 radical (unpaired) electrons. The molecule has 20 heavy (non-hydrogen) atoms. The minimum absolute atomic E-state index is 0.0575. The summed E-state index contributed by atoms with van der Waals surface area (Å²) < 4.78 is 1.51. The van der Waals surface area contributed by atoms with Gasteiger partial charge in [0.1, 0.15) is 0 Å². The third-order valence-electron chi connectivity index (χ3n) is 4.19. The van der Waals surface area contributed by atoms with E-state index in [1.54, 1.807) is 12.3 Å². The lowest BCUT2D eigenvalue weighted by Gasteiger charge is -2.18. The van der Waals surface area contributed by atoms with Gasteiger partial charge >= 0.3 is 0 Å². The molecule has 1 N–H and O–H groups in total. The smallest absolute Gasteiger partial charge is 0.268 e. The zero-order valence-electron chi connectivity index (χ0n) is 12.5. The number of anilines is 1. The molecule has 1 aliphatic carbocycles. The zero-order valence-corrected chi connectivity index (χ0v) is 12.5. The van der Waals surface area contributed by atoms with E-state index in [-0.39, 0.29) is 11.7 Å². The number of rotatable bonds is 6. The minimum Gasteiger partial charge on any atom is -0.393 e. The van der Waals surface area contributed by atoms with Crippen molar-refractivity contribution >= 4 is 5.69 Å². The molecule has 2 rings (SSSR count). The minimum atomic E-state index is -0.194. The largest absolute Gasteiger partial charge is 0.393 e. The number of aliphatic hydroxyl groups is 1. The monoisotopic (exact) mass is 279 g/mol. The molecule has 5 heteroatoms. The van der Waals surface area contributed by atoms with E-state index in [0.29, 0.717) is 12.5 Å². The van der Waals surface area contributed by atoms with E-state index in [0.717, 1.165) is 44.3 Å². The van der Waals surface area contributed by atoms with Crippen molar-refractivity contribution in [3.8, 4) is 0 Å². The fourth-order valence-electron chi connectivity index (χ4n) is 2.91. The molecule has 0 saturated heterocycles. The number of aromatic nitrogens is 2. The van der Waals surface area contributed by atoms with Gasteiger partial charge in [-0.25, -0.2) is 4.68 Å².